The second kappa shape index (κ2) is 5.01. The summed E-state index contributed by atoms with van der Waals surface area (Å²) >= 11 is 3.35. The fourth-order valence-electron chi connectivity index (χ4n) is 1.32. The van der Waals surface area contributed by atoms with Gasteiger partial charge in [0, 0.05) is 11.9 Å². The third-order valence-electron chi connectivity index (χ3n) is 2.17. The summed E-state index contributed by atoms with van der Waals surface area (Å²) in [6.07, 6.45) is 3.00. The molecule has 0 atom stereocenters. The van der Waals surface area contributed by atoms with Crippen LogP contribution in [0.1, 0.15) is 10.4 Å². The van der Waals surface area contributed by atoms with E-state index in [0.29, 0.717) is 17.0 Å². The van der Waals surface area contributed by atoms with Crippen LogP contribution < -0.4 is 10.1 Å². The molecule has 1 heterocycles. The highest BCUT2D eigenvalue weighted by molar-refractivity contribution is 9.10. The summed E-state index contributed by atoms with van der Waals surface area (Å²) in [7, 11) is 1.59. The van der Waals surface area contributed by atoms with Gasteiger partial charge in [-0.05, 0) is 34.1 Å². The molecule has 17 heavy (non-hydrogen) atoms. The lowest BCUT2D eigenvalue weighted by molar-refractivity contribution is 0.102. The average molecular weight is 296 g/mol. The molecular weight excluding hydrogens is 286 g/mol. The van der Waals surface area contributed by atoms with Crippen molar-refractivity contribution in [1.82, 2.24) is 10.2 Å². The Kier molecular flexibility index (Phi) is 3.43. The average Bonchev–Trinajstić information content (AvgIpc) is 2.82. The number of nitrogens with zero attached hydrogens (tertiary/aromatic N) is 1. The molecule has 0 bridgehead atoms. The van der Waals surface area contributed by atoms with E-state index in [0.717, 1.165) is 4.47 Å². The van der Waals surface area contributed by atoms with Crippen molar-refractivity contribution < 1.29 is 9.53 Å². The van der Waals surface area contributed by atoms with Crippen LogP contribution in [-0.4, -0.2) is 23.2 Å². The number of ether oxygens (including phenoxy) is 1. The minimum Gasteiger partial charge on any atom is -0.496 e. The number of hydrogen-bond donors (Lipinski definition) is 2. The quantitative estimate of drug-likeness (QED) is 0.914. The molecule has 1 aromatic carbocycles. The number of methoxy groups -OCH3 is 1. The van der Waals surface area contributed by atoms with Crippen molar-refractivity contribution in [2.45, 2.75) is 0 Å². The molecule has 2 N–H and O–H groups in total. The van der Waals surface area contributed by atoms with Crippen molar-refractivity contribution in [1.29, 1.82) is 0 Å². The number of aromatic nitrogens is 2. The van der Waals surface area contributed by atoms with Crippen molar-refractivity contribution in [3.63, 3.8) is 0 Å². The van der Waals surface area contributed by atoms with Crippen LogP contribution in [0.3, 0.4) is 0 Å². The van der Waals surface area contributed by atoms with Gasteiger partial charge in [0.15, 0.2) is 0 Å². The standard InChI is InChI=1S/C11H10BrN3O2/c1-17-10-3-2-8(4-9(10)12)15-11(16)7-5-13-14-6-7/h2-6H,1H3,(H,13,14)(H,15,16). The zero-order chi connectivity index (χ0) is 12.3. The van der Waals surface area contributed by atoms with Crippen molar-refractivity contribution >= 4 is 27.5 Å². The van der Waals surface area contributed by atoms with Gasteiger partial charge in [-0.15, -0.1) is 0 Å². The minimum atomic E-state index is -0.212. The molecule has 0 aliphatic heterocycles. The molecule has 0 spiro atoms. The highest BCUT2D eigenvalue weighted by Crippen LogP contribution is 2.27. The number of anilines is 1. The maximum atomic E-state index is 11.7. The van der Waals surface area contributed by atoms with E-state index in [2.05, 4.69) is 31.4 Å². The predicted octanol–water partition coefficient (Wildman–Crippen LogP) is 2.43. The second-order valence-electron chi connectivity index (χ2n) is 3.29. The number of carbonyl (C=O) groups is 1. The molecule has 88 valence electrons. The molecule has 0 radical (unpaired) electrons. The molecule has 5 nitrogen and oxygen atoms in total. The maximum Gasteiger partial charge on any atom is 0.258 e. The first kappa shape index (κ1) is 11.7. The van der Waals surface area contributed by atoms with E-state index < -0.39 is 0 Å². The number of benzene rings is 1. The molecule has 0 fully saturated rings. The summed E-state index contributed by atoms with van der Waals surface area (Å²) in [6.45, 7) is 0. The van der Waals surface area contributed by atoms with Crippen molar-refractivity contribution in [3.05, 3.63) is 40.6 Å². The van der Waals surface area contributed by atoms with E-state index in [1.165, 1.54) is 12.4 Å². The number of halogens is 1. The van der Waals surface area contributed by atoms with Gasteiger partial charge < -0.3 is 10.1 Å². The van der Waals surface area contributed by atoms with Crippen LogP contribution in [0.4, 0.5) is 5.69 Å². The van der Waals surface area contributed by atoms with E-state index in [4.69, 9.17) is 4.74 Å². The SMILES string of the molecule is COc1ccc(NC(=O)c2cn[nH]c2)cc1Br. The van der Waals surface area contributed by atoms with Gasteiger partial charge in [-0.1, -0.05) is 0 Å². The van der Waals surface area contributed by atoms with Gasteiger partial charge in [0.2, 0.25) is 0 Å². The van der Waals surface area contributed by atoms with E-state index in [9.17, 15) is 4.79 Å². The Morgan fingerprint density at radius 2 is 2.35 bits per heavy atom. The Balaban J connectivity index is 2.14. The first-order chi connectivity index (χ1) is 8.20. The van der Waals surface area contributed by atoms with Crippen molar-refractivity contribution in [3.8, 4) is 5.75 Å². The number of H-pyrrole nitrogens is 1. The Bertz CT molecular complexity index is 526. The third-order valence-corrected chi connectivity index (χ3v) is 2.79. The van der Waals surface area contributed by atoms with Crippen LogP contribution >= 0.6 is 15.9 Å². The molecule has 1 amide bonds. The minimum absolute atomic E-state index is 0.212. The Morgan fingerprint density at radius 1 is 1.53 bits per heavy atom. The van der Waals surface area contributed by atoms with Gasteiger partial charge in [0.05, 0.1) is 23.3 Å². The fourth-order valence-corrected chi connectivity index (χ4v) is 1.86. The number of rotatable bonds is 3. The van der Waals surface area contributed by atoms with Crippen molar-refractivity contribution in [2.24, 2.45) is 0 Å². The van der Waals surface area contributed by atoms with Crippen molar-refractivity contribution in [2.75, 3.05) is 12.4 Å². The zero-order valence-electron chi connectivity index (χ0n) is 9.03. The molecule has 2 aromatic rings. The van der Waals surface area contributed by atoms with Gasteiger partial charge in [-0.2, -0.15) is 5.10 Å². The van der Waals surface area contributed by atoms with E-state index in [1.54, 1.807) is 25.3 Å². The molecule has 6 heteroatoms. The fraction of sp³-hybridized carbons (Fsp3) is 0.0909. The second-order valence-corrected chi connectivity index (χ2v) is 4.14. The van der Waals surface area contributed by atoms with Gasteiger partial charge >= 0.3 is 0 Å². The topological polar surface area (TPSA) is 67.0 Å². The maximum absolute atomic E-state index is 11.7. The summed E-state index contributed by atoms with van der Waals surface area (Å²) in [6, 6.07) is 5.31. The Labute approximate surface area is 106 Å². The Morgan fingerprint density at radius 3 is 2.94 bits per heavy atom. The highest BCUT2D eigenvalue weighted by Gasteiger charge is 2.08. The number of hydrogen-bond acceptors (Lipinski definition) is 3. The van der Waals surface area contributed by atoms with E-state index in [-0.39, 0.29) is 5.91 Å². The molecule has 0 saturated heterocycles. The van der Waals surface area contributed by atoms with Crippen LogP contribution in [0.2, 0.25) is 0 Å². The largest absolute Gasteiger partial charge is 0.496 e. The molecule has 2 rings (SSSR count). The first-order valence-corrected chi connectivity index (χ1v) is 5.63. The predicted molar refractivity (Wildman–Crippen MR) is 67.2 cm³/mol. The molecule has 0 saturated carbocycles. The van der Waals surface area contributed by atoms with Crippen LogP contribution in [-0.2, 0) is 0 Å². The normalized spacial score (nSPS) is 10.0. The summed E-state index contributed by atoms with van der Waals surface area (Å²) < 4.78 is 5.89. The monoisotopic (exact) mass is 295 g/mol. The lowest BCUT2D eigenvalue weighted by Crippen LogP contribution is -2.10. The van der Waals surface area contributed by atoms with Crippen LogP contribution in [0.15, 0.2) is 35.1 Å². The van der Waals surface area contributed by atoms with Crippen LogP contribution in [0, 0.1) is 0 Å². The third kappa shape index (κ3) is 2.65. The van der Waals surface area contributed by atoms with E-state index in [1.807, 2.05) is 0 Å². The Hall–Kier alpha value is -1.82. The summed E-state index contributed by atoms with van der Waals surface area (Å²) in [5.41, 5.74) is 1.17. The molecule has 0 aliphatic carbocycles. The van der Waals surface area contributed by atoms with Gasteiger partial charge in [-0.25, -0.2) is 0 Å². The first-order valence-electron chi connectivity index (χ1n) is 4.84. The molecule has 0 unspecified atom stereocenters. The van der Waals surface area contributed by atoms with Gasteiger partial charge in [-0.3, -0.25) is 9.89 Å². The lowest BCUT2D eigenvalue weighted by Gasteiger charge is -2.07. The summed E-state index contributed by atoms with van der Waals surface area (Å²) in [5, 5.41) is 9.05. The molecule has 1 aromatic heterocycles. The van der Waals surface area contributed by atoms with E-state index >= 15 is 0 Å². The summed E-state index contributed by atoms with van der Waals surface area (Å²) in [5.74, 6) is 0.502. The number of amides is 1. The smallest absolute Gasteiger partial charge is 0.258 e. The zero-order valence-corrected chi connectivity index (χ0v) is 10.6. The molecular formula is C11H10BrN3O2. The molecule has 0 aliphatic rings. The number of carbonyl (C=O) groups excluding carboxylic acids is 1. The highest BCUT2D eigenvalue weighted by atomic mass is 79.9. The number of nitrogens with one attached hydrogen (secondary N) is 2. The van der Waals surface area contributed by atoms with Crippen LogP contribution in [0.25, 0.3) is 0 Å². The number of aromatic amines is 1. The lowest BCUT2D eigenvalue weighted by atomic mass is 10.2. The van der Waals surface area contributed by atoms with Gasteiger partial charge in [0.25, 0.3) is 5.91 Å². The summed E-state index contributed by atoms with van der Waals surface area (Å²) in [4.78, 5) is 11.7. The van der Waals surface area contributed by atoms with Crippen LogP contribution in [0.5, 0.6) is 5.75 Å². The van der Waals surface area contributed by atoms with Gasteiger partial charge in [0.1, 0.15) is 5.75 Å².